The molecule has 1 atom stereocenters. The van der Waals surface area contributed by atoms with Crippen LogP contribution in [0.2, 0.25) is 0 Å². The van der Waals surface area contributed by atoms with Crippen LogP contribution in [0.1, 0.15) is 24.8 Å². The Morgan fingerprint density at radius 1 is 1.40 bits per heavy atom. The summed E-state index contributed by atoms with van der Waals surface area (Å²) < 4.78 is 4.67. The Balaban J connectivity index is 2.43. The van der Waals surface area contributed by atoms with Gasteiger partial charge < -0.3 is 16.2 Å². The smallest absolute Gasteiger partial charge is 0.404 e. The van der Waals surface area contributed by atoms with E-state index in [0.29, 0.717) is 12.5 Å². The number of amides is 1. The highest BCUT2D eigenvalue weighted by Crippen LogP contribution is 2.19. The molecule has 0 aliphatic carbocycles. The second kappa shape index (κ2) is 5.24. The lowest BCUT2D eigenvalue weighted by atomic mass is 9.98. The Morgan fingerprint density at radius 3 is 2.53 bits per heavy atom. The van der Waals surface area contributed by atoms with E-state index in [2.05, 4.69) is 11.7 Å². The van der Waals surface area contributed by atoms with Crippen molar-refractivity contribution in [3.05, 3.63) is 29.8 Å². The van der Waals surface area contributed by atoms with Crippen molar-refractivity contribution in [3.63, 3.8) is 0 Å². The highest BCUT2D eigenvalue weighted by Gasteiger charge is 2.05. The minimum atomic E-state index is -0.723. The summed E-state index contributed by atoms with van der Waals surface area (Å²) in [4.78, 5) is 10.3. The zero-order valence-electron chi connectivity index (χ0n) is 8.77. The molecule has 0 radical (unpaired) electrons. The van der Waals surface area contributed by atoms with Gasteiger partial charge in [0.15, 0.2) is 0 Å². The Bertz CT molecular complexity index is 322. The quantitative estimate of drug-likeness (QED) is 0.741. The lowest BCUT2D eigenvalue weighted by molar-refractivity contribution is 0.153. The fourth-order valence-corrected chi connectivity index (χ4v) is 1.33. The maximum absolute atomic E-state index is 10.3. The number of hydrogen-bond donors (Lipinski definition) is 2. The van der Waals surface area contributed by atoms with Crippen LogP contribution in [0.3, 0.4) is 0 Å². The van der Waals surface area contributed by atoms with E-state index in [1.807, 2.05) is 24.3 Å². The van der Waals surface area contributed by atoms with Crippen molar-refractivity contribution in [2.45, 2.75) is 19.3 Å². The molecule has 82 valence electrons. The Labute approximate surface area is 89.2 Å². The SMILES string of the molecule is CC(CCOC(N)=O)c1ccc(N)cc1. The fraction of sp³-hybridized carbons (Fsp3) is 0.364. The average molecular weight is 208 g/mol. The first kappa shape index (κ1) is 11.4. The van der Waals surface area contributed by atoms with Gasteiger partial charge in [0.25, 0.3) is 0 Å². The predicted octanol–water partition coefficient (Wildman–Crippen LogP) is 1.86. The zero-order valence-corrected chi connectivity index (χ0v) is 8.77. The molecule has 15 heavy (non-hydrogen) atoms. The molecular formula is C11H16N2O2. The van der Waals surface area contributed by atoms with E-state index in [1.165, 1.54) is 5.56 Å². The molecule has 0 aliphatic rings. The van der Waals surface area contributed by atoms with Crippen molar-refractivity contribution in [2.24, 2.45) is 5.73 Å². The van der Waals surface area contributed by atoms with Crippen LogP contribution in [0.4, 0.5) is 10.5 Å². The number of carbonyl (C=O) groups excluding carboxylic acids is 1. The zero-order chi connectivity index (χ0) is 11.3. The van der Waals surface area contributed by atoms with E-state index in [-0.39, 0.29) is 0 Å². The molecule has 1 rings (SSSR count). The second-order valence-electron chi connectivity index (χ2n) is 3.52. The summed E-state index contributed by atoms with van der Waals surface area (Å²) in [6.07, 6.45) is 0.0341. The second-order valence-corrected chi connectivity index (χ2v) is 3.52. The normalized spacial score (nSPS) is 12.1. The van der Waals surface area contributed by atoms with E-state index < -0.39 is 6.09 Å². The van der Waals surface area contributed by atoms with Gasteiger partial charge in [-0.05, 0) is 30.0 Å². The molecule has 0 aromatic heterocycles. The first-order valence-electron chi connectivity index (χ1n) is 4.87. The van der Waals surface area contributed by atoms with Crippen LogP contribution >= 0.6 is 0 Å². The van der Waals surface area contributed by atoms with Gasteiger partial charge in [-0.25, -0.2) is 4.79 Å². The Morgan fingerprint density at radius 2 is 2.00 bits per heavy atom. The predicted molar refractivity (Wildman–Crippen MR) is 59.4 cm³/mol. The third-order valence-corrected chi connectivity index (χ3v) is 2.30. The maximum atomic E-state index is 10.3. The van der Waals surface area contributed by atoms with Crippen molar-refractivity contribution >= 4 is 11.8 Å². The number of benzene rings is 1. The van der Waals surface area contributed by atoms with Crippen LogP contribution in [0.25, 0.3) is 0 Å². The molecule has 0 saturated carbocycles. The van der Waals surface area contributed by atoms with Crippen LogP contribution in [0, 0.1) is 0 Å². The van der Waals surface area contributed by atoms with Crippen LogP contribution in [0.15, 0.2) is 24.3 Å². The van der Waals surface area contributed by atoms with E-state index >= 15 is 0 Å². The number of hydrogen-bond acceptors (Lipinski definition) is 3. The molecule has 0 bridgehead atoms. The molecule has 1 unspecified atom stereocenters. The van der Waals surface area contributed by atoms with Crippen molar-refractivity contribution in [1.29, 1.82) is 0 Å². The van der Waals surface area contributed by atoms with E-state index in [4.69, 9.17) is 11.5 Å². The molecule has 0 fully saturated rings. The standard InChI is InChI=1S/C11H16N2O2/c1-8(6-7-15-11(13)14)9-2-4-10(12)5-3-9/h2-5,8H,6-7,12H2,1H3,(H2,13,14). The number of anilines is 1. The third-order valence-electron chi connectivity index (χ3n) is 2.30. The highest BCUT2D eigenvalue weighted by molar-refractivity contribution is 5.64. The largest absolute Gasteiger partial charge is 0.450 e. The highest BCUT2D eigenvalue weighted by atomic mass is 16.5. The number of primary amides is 1. The molecule has 4 N–H and O–H groups in total. The van der Waals surface area contributed by atoms with Gasteiger partial charge in [0.1, 0.15) is 0 Å². The van der Waals surface area contributed by atoms with Crippen molar-refractivity contribution in [2.75, 3.05) is 12.3 Å². The first-order valence-corrected chi connectivity index (χ1v) is 4.87. The van der Waals surface area contributed by atoms with E-state index in [9.17, 15) is 4.79 Å². The Hall–Kier alpha value is -1.71. The van der Waals surface area contributed by atoms with E-state index in [1.54, 1.807) is 0 Å². The van der Waals surface area contributed by atoms with Gasteiger partial charge in [-0.2, -0.15) is 0 Å². The molecule has 0 aliphatic heterocycles. The van der Waals surface area contributed by atoms with Crippen LogP contribution in [-0.4, -0.2) is 12.7 Å². The summed E-state index contributed by atoms with van der Waals surface area (Å²) in [5, 5.41) is 0. The van der Waals surface area contributed by atoms with Gasteiger partial charge >= 0.3 is 6.09 Å². The van der Waals surface area contributed by atoms with Crippen molar-refractivity contribution in [1.82, 2.24) is 0 Å². The van der Waals surface area contributed by atoms with Gasteiger partial charge in [0, 0.05) is 5.69 Å². The molecule has 1 amide bonds. The van der Waals surface area contributed by atoms with Gasteiger partial charge in [-0.3, -0.25) is 0 Å². The minimum absolute atomic E-state index is 0.324. The van der Waals surface area contributed by atoms with Gasteiger partial charge in [-0.15, -0.1) is 0 Å². The number of nitrogens with two attached hydrogens (primary N) is 2. The lowest BCUT2D eigenvalue weighted by Crippen LogP contribution is -2.14. The summed E-state index contributed by atoms with van der Waals surface area (Å²) >= 11 is 0. The summed E-state index contributed by atoms with van der Waals surface area (Å²) in [6, 6.07) is 7.68. The number of rotatable bonds is 4. The van der Waals surface area contributed by atoms with Gasteiger partial charge in [-0.1, -0.05) is 19.1 Å². The molecule has 0 saturated heterocycles. The molecule has 4 nitrogen and oxygen atoms in total. The van der Waals surface area contributed by atoms with Crippen LogP contribution in [0.5, 0.6) is 0 Å². The van der Waals surface area contributed by atoms with Crippen LogP contribution < -0.4 is 11.5 Å². The molecule has 1 aromatic carbocycles. The summed E-state index contributed by atoms with van der Waals surface area (Å²) in [5.74, 6) is 0.324. The molecule has 4 heteroatoms. The van der Waals surface area contributed by atoms with Crippen molar-refractivity contribution in [3.8, 4) is 0 Å². The molecule has 1 aromatic rings. The molecular weight excluding hydrogens is 192 g/mol. The van der Waals surface area contributed by atoms with Gasteiger partial charge in [0.05, 0.1) is 6.61 Å². The van der Waals surface area contributed by atoms with Crippen LogP contribution in [-0.2, 0) is 4.74 Å². The number of ether oxygens (including phenoxy) is 1. The number of carbonyl (C=O) groups is 1. The van der Waals surface area contributed by atoms with Crippen molar-refractivity contribution < 1.29 is 9.53 Å². The monoisotopic (exact) mass is 208 g/mol. The Kier molecular flexibility index (Phi) is 3.97. The topological polar surface area (TPSA) is 78.3 Å². The lowest BCUT2D eigenvalue weighted by Gasteiger charge is -2.11. The minimum Gasteiger partial charge on any atom is -0.450 e. The number of nitrogen functional groups attached to an aromatic ring is 1. The third kappa shape index (κ3) is 3.89. The molecule has 0 heterocycles. The fourth-order valence-electron chi connectivity index (χ4n) is 1.33. The summed E-state index contributed by atoms with van der Waals surface area (Å²) in [7, 11) is 0. The average Bonchev–Trinajstić information content (AvgIpc) is 2.18. The maximum Gasteiger partial charge on any atom is 0.404 e. The summed E-state index contributed by atoms with van der Waals surface area (Å²) in [5.41, 5.74) is 12.4. The molecule has 0 spiro atoms. The van der Waals surface area contributed by atoms with E-state index in [0.717, 1.165) is 12.1 Å². The van der Waals surface area contributed by atoms with Gasteiger partial charge in [0.2, 0.25) is 0 Å². The summed E-state index contributed by atoms with van der Waals surface area (Å²) in [6.45, 7) is 2.41. The first-order chi connectivity index (χ1) is 7.09.